The minimum Gasteiger partial charge on any atom is -0.492 e. The van der Waals surface area contributed by atoms with Gasteiger partial charge in [0.15, 0.2) is 0 Å². The smallest absolute Gasteiger partial charge is 0.243 e. The summed E-state index contributed by atoms with van der Waals surface area (Å²) in [4.78, 5) is 14.3. The van der Waals surface area contributed by atoms with Crippen LogP contribution in [0.2, 0.25) is 0 Å². The van der Waals surface area contributed by atoms with Crippen molar-refractivity contribution in [2.45, 2.75) is 39.3 Å². The van der Waals surface area contributed by atoms with Gasteiger partial charge in [-0.3, -0.25) is 4.79 Å². The number of anilines is 1. The molecule has 0 aromatic heterocycles. The fourth-order valence-corrected chi connectivity index (χ4v) is 2.44. The van der Waals surface area contributed by atoms with Gasteiger partial charge in [0.1, 0.15) is 5.75 Å². The van der Waals surface area contributed by atoms with Crippen LogP contribution in [0.4, 0.5) is 5.69 Å². The quantitative estimate of drug-likeness (QED) is 0.908. The Morgan fingerprint density at radius 2 is 2.11 bits per heavy atom. The van der Waals surface area contributed by atoms with E-state index in [4.69, 9.17) is 4.74 Å². The predicted molar refractivity (Wildman–Crippen MR) is 76.6 cm³/mol. The van der Waals surface area contributed by atoms with E-state index in [0.717, 1.165) is 24.4 Å². The Labute approximate surface area is 114 Å². The summed E-state index contributed by atoms with van der Waals surface area (Å²) in [5.74, 6) is 0.886. The lowest BCUT2D eigenvalue weighted by atomic mass is 10.2. The van der Waals surface area contributed by atoms with E-state index in [-0.39, 0.29) is 11.9 Å². The minimum absolute atomic E-state index is 0.108. The average molecular weight is 262 g/mol. The molecule has 4 heteroatoms. The summed E-state index contributed by atoms with van der Waals surface area (Å²) in [6.45, 7) is 7.31. The van der Waals surface area contributed by atoms with Gasteiger partial charge in [0, 0.05) is 12.6 Å². The van der Waals surface area contributed by atoms with Crippen LogP contribution < -0.4 is 15.0 Å². The van der Waals surface area contributed by atoms with Gasteiger partial charge in [0.25, 0.3) is 0 Å². The molecule has 1 aromatic rings. The molecule has 2 unspecified atom stereocenters. The summed E-state index contributed by atoms with van der Waals surface area (Å²) >= 11 is 0. The summed E-state index contributed by atoms with van der Waals surface area (Å²) in [6, 6.07) is 7.93. The predicted octanol–water partition coefficient (Wildman–Crippen LogP) is 2.19. The molecular formula is C15H22N2O2. The number of ether oxygens (including phenoxy) is 1. The Morgan fingerprint density at radius 3 is 2.84 bits per heavy atom. The highest BCUT2D eigenvalue weighted by Crippen LogP contribution is 2.29. The molecule has 1 aliphatic rings. The second-order valence-electron chi connectivity index (χ2n) is 4.97. The average Bonchev–Trinajstić information content (AvgIpc) is 2.51. The van der Waals surface area contributed by atoms with Crippen LogP contribution in [0.15, 0.2) is 24.3 Å². The Kier molecular flexibility index (Phi) is 4.43. The second kappa shape index (κ2) is 6.06. The summed E-state index contributed by atoms with van der Waals surface area (Å²) in [7, 11) is 0. The van der Waals surface area contributed by atoms with Crippen LogP contribution in [0, 0.1) is 0 Å². The standard InChI is InChI=1S/C15H22N2O2/c1-4-19-14-8-6-5-7-13(14)17-10-9-11(2)16-12(3)15(17)18/h5-8,11-12,16H,4,9-10H2,1-3H3. The third-order valence-corrected chi connectivity index (χ3v) is 3.41. The summed E-state index contributed by atoms with van der Waals surface area (Å²) < 4.78 is 5.63. The molecular weight excluding hydrogens is 240 g/mol. The van der Waals surface area contributed by atoms with E-state index < -0.39 is 0 Å². The van der Waals surface area contributed by atoms with Crippen LogP contribution in [0.5, 0.6) is 5.75 Å². The number of hydrogen-bond acceptors (Lipinski definition) is 3. The van der Waals surface area contributed by atoms with Crippen molar-refractivity contribution in [2.75, 3.05) is 18.1 Å². The van der Waals surface area contributed by atoms with Gasteiger partial charge in [-0.15, -0.1) is 0 Å². The number of benzene rings is 1. The highest BCUT2D eigenvalue weighted by atomic mass is 16.5. The number of rotatable bonds is 3. The molecule has 104 valence electrons. The SMILES string of the molecule is CCOc1ccccc1N1CCC(C)NC(C)C1=O. The van der Waals surface area contributed by atoms with E-state index in [2.05, 4.69) is 12.2 Å². The lowest BCUT2D eigenvalue weighted by Crippen LogP contribution is -2.43. The van der Waals surface area contributed by atoms with Gasteiger partial charge >= 0.3 is 0 Å². The van der Waals surface area contributed by atoms with Gasteiger partial charge < -0.3 is 15.0 Å². The minimum atomic E-state index is -0.160. The molecule has 1 aromatic carbocycles. The molecule has 4 nitrogen and oxygen atoms in total. The van der Waals surface area contributed by atoms with Gasteiger partial charge in [-0.25, -0.2) is 0 Å². The molecule has 0 radical (unpaired) electrons. The van der Waals surface area contributed by atoms with E-state index >= 15 is 0 Å². The maximum Gasteiger partial charge on any atom is 0.243 e. The van der Waals surface area contributed by atoms with Crippen molar-refractivity contribution in [2.24, 2.45) is 0 Å². The van der Waals surface area contributed by atoms with Crippen LogP contribution >= 0.6 is 0 Å². The molecule has 0 bridgehead atoms. The Morgan fingerprint density at radius 1 is 1.37 bits per heavy atom. The van der Waals surface area contributed by atoms with Crippen LogP contribution in [0.3, 0.4) is 0 Å². The van der Waals surface area contributed by atoms with E-state index in [1.807, 2.05) is 43.0 Å². The van der Waals surface area contributed by atoms with Crippen molar-refractivity contribution in [1.82, 2.24) is 5.32 Å². The van der Waals surface area contributed by atoms with Crippen molar-refractivity contribution < 1.29 is 9.53 Å². The second-order valence-corrected chi connectivity index (χ2v) is 4.97. The molecule has 0 spiro atoms. The third-order valence-electron chi connectivity index (χ3n) is 3.41. The third kappa shape index (κ3) is 3.07. The topological polar surface area (TPSA) is 41.6 Å². The number of carbonyl (C=O) groups is 1. The maximum absolute atomic E-state index is 12.5. The fourth-order valence-electron chi connectivity index (χ4n) is 2.44. The zero-order chi connectivity index (χ0) is 13.8. The van der Waals surface area contributed by atoms with Crippen LogP contribution in [0.1, 0.15) is 27.2 Å². The van der Waals surface area contributed by atoms with Crippen LogP contribution in [0.25, 0.3) is 0 Å². The number of hydrogen-bond donors (Lipinski definition) is 1. The first-order chi connectivity index (χ1) is 9.13. The fraction of sp³-hybridized carbons (Fsp3) is 0.533. The van der Waals surface area contributed by atoms with Crippen LogP contribution in [-0.4, -0.2) is 31.1 Å². The van der Waals surface area contributed by atoms with Crippen molar-refractivity contribution in [3.8, 4) is 5.75 Å². The lowest BCUT2D eigenvalue weighted by Gasteiger charge is -2.24. The summed E-state index contributed by atoms with van der Waals surface area (Å²) in [6.07, 6.45) is 0.941. The van der Waals surface area contributed by atoms with E-state index in [1.54, 1.807) is 0 Å². The molecule has 0 aliphatic carbocycles. The van der Waals surface area contributed by atoms with Crippen molar-refractivity contribution in [1.29, 1.82) is 0 Å². The number of nitrogens with one attached hydrogen (secondary N) is 1. The molecule has 1 saturated heterocycles. The normalized spacial score (nSPS) is 24.2. The molecule has 1 aliphatic heterocycles. The molecule has 1 amide bonds. The molecule has 0 saturated carbocycles. The number of nitrogens with zero attached hydrogens (tertiary/aromatic N) is 1. The Balaban J connectivity index is 2.31. The van der Waals surface area contributed by atoms with Gasteiger partial charge in [0.05, 0.1) is 18.3 Å². The molecule has 2 rings (SSSR count). The summed E-state index contributed by atoms with van der Waals surface area (Å²) in [5.41, 5.74) is 0.872. The molecule has 19 heavy (non-hydrogen) atoms. The zero-order valence-corrected chi connectivity index (χ0v) is 11.8. The first-order valence-electron chi connectivity index (χ1n) is 6.92. The number of para-hydroxylation sites is 2. The molecule has 2 atom stereocenters. The van der Waals surface area contributed by atoms with Crippen LogP contribution in [-0.2, 0) is 4.79 Å². The monoisotopic (exact) mass is 262 g/mol. The van der Waals surface area contributed by atoms with E-state index in [0.29, 0.717) is 12.6 Å². The van der Waals surface area contributed by atoms with Gasteiger partial charge in [-0.05, 0) is 39.3 Å². The summed E-state index contributed by atoms with van der Waals surface area (Å²) in [5, 5.41) is 3.31. The molecule has 1 heterocycles. The van der Waals surface area contributed by atoms with Gasteiger partial charge in [-0.1, -0.05) is 12.1 Å². The molecule has 1 fully saturated rings. The van der Waals surface area contributed by atoms with Crippen molar-refractivity contribution in [3.63, 3.8) is 0 Å². The van der Waals surface area contributed by atoms with Gasteiger partial charge in [-0.2, -0.15) is 0 Å². The maximum atomic E-state index is 12.5. The number of amides is 1. The first-order valence-corrected chi connectivity index (χ1v) is 6.92. The van der Waals surface area contributed by atoms with Gasteiger partial charge in [0.2, 0.25) is 5.91 Å². The highest BCUT2D eigenvalue weighted by Gasteiger charge is 2.28. The highest BCUT2D eigenvalue weighted by molar-refractivity contribution is 5.98. The largest absolute Gasteiger partial charge is 0.492 e. The number of carbonyl (C=O) groups excluding carboxylic acids is 1. The zero-order valence-electron chi connectivity index (χ0n) is 11.8. The Hall–Kier alpha value is -1.55. The Bertz CT molecular complexity index is 448. The lowest BCUT2D eigenvalue weighted by molar-refractivity contribution is -0.119. The van der Waals surface area contributed by atoms with E-state index in [1.165, 1.54) is 0 Å². The van der Waals surface area contributed by atoms with Crippen molar-refractivity contribution in [3.05, 3.63) is 24.3 Å². The van der Waals surface area contributed by atoms with Crippen molar-refractivity contribution >= 4 is 11.6 Å². The first kappa shape index (κ1) is 13.9. The van der Waals surface area contributed by atoms with E-state index in [9.17, 15) is 4.79 Å². The molecule has 1 N–H and O–H groups in total.